The molecule has 1 aromatic heterocycles. The molecule has 0 aliphatic heterocycles. The van der Waals surface area contributed by atoms with Crippen LogP contribution in [0.5, 0.6) is 0 Å². The van der Waals surface area contributed by atoms with Crippen molar-refractivity contribution >= 4 is 17.5 Å². The van der Waals surface area contributed by atoms with Gasteiger partial charge in [-0.25, -0.2) is 0 Å². The summed E-state index contributed by atoms with van der Waals surface area (Å²) in [5.41, 5.74) is 5.36. The van der Waals surface area contributed by atoms with Crippen LogP contribution in [-0.2, 0) is 4.79 Å². The molecule has 1 amide bonds. The van der Waals surface area contributed by atoms with Gasteiger partial charge in [0.25, 0.3) is 0 Å². The standard InChI is InChI=1S/C8H13N5O/c1-5(8(14)10-2)11-7-4-3-6(9)12-13-7/h3-5H,1-2H3,(H2,9,12)(H,10,14)(H,11,13). The lowest BCUT2D eigenvalue weighted by Crippen LogP contribution is -2.35. The second kappa shape index (κ2) is 4.40. The van der Waals surface area contributed by atoms with Crippen LogP contribution in [-0.4, -0.2) is 29.2 Å². The van der Waals surface area contributed by atoms with Crippen LogP contribution in [0.3, 0.4) is 0 Å². The third kappa shape index (κ3) is 2.58. The second-order valence-electron chi connectivity index (χ2n) is 2.82. The first-order chi connectivity index (χ1) is 6.63. The third-order valence-electron chi connectivity index (χ3n) is 1.69. The van der Waals surface area contributed by atoms with Gasteiger partial charge in [0.05, 0.1) is 0 Å². The van der Waals surface area contributed by atoms with Crippen LogP contribution in [0.15, 0.2) is 12.1 Å². The molecule has 6 heteroatoms. The summed E-state index contributed by atoms with van der Waals surface area (Å²) < 4.78 is 0. The molecule has 6 nitrogen and oxygen atoms in total. The number of hydrogen-bond donors (Lipinski definition) is 3. The first-order valence-corrected chi connectivity index (χ1v) is 4.21. The van der Waals surface area contributed by atoms with Crippen LogP contribution in [0.25, 0.3) is 0 Å². The number of nitrogens with one attached hydrogen (secondary N) is 2. The number of nitrogen functional groups attached to an aromatic ring is 1. The Hall–Kier alpha value is -1.85. The van der Waals surface area contributed by atoms with Crippen molar-refractivity contribution in [1.29, 1.82) is 0 Å². The second-order valence-corrected chi connectivity index (χ2v) is 2.82. The molecule has 0 spiro atoms. The van der Waals surface area contributed by atoms with E-state index in [-0.39, 0.29) is 11.9 Å². The SMILES string of the molecule is CNC(=O)C(C)Nc1ccc(N)nn1. The van der Waals surface area contributed by atoms with Crippen molar-refractivity contribution in [3.05, 3.63) is 12.1 Å². The number of amides is 1. The van der Waals surface area contributed by atoms with Gasteiger partial charge in [-0.1, -0.05) is 0 Å². The lowest BCUT2D eigenvalue weighted by atomic mass is 10.3. The molecule has 0 aliphatic rings. The van der Waals surface area contributed by atoms with Gasteiger partial charge in [0.2, 0.25) is 5.91 Å². The first kappa shape index (κ1) is 10.2. The van der Waals surface area contributed by atoms with Crippen molar-refractivity contribution in [2.45, 2.75) is 13.0 Å². The molecule has 1 rings (SSSR count). The van der Waals surface area contributed by atoms with E-state index in [0.29, 0.717) is 11.6 Å². The first-order valence-electron chi connectivity index (χ1n) is 4.21. The highest BCUT2D eigenvalue weighted by Gasteiger charge is 2.10. The monoisotopic (exact) mass is 195 g/mol. The number of aromatic nitrogens is 2. The number of nitrogens with zero attached hydrogens (tertiary/aromatic N) is 2. The van der Waals surface area contributed by atoms with Crippen molar-refractivity contribution in [2.75, 3.05) is 18.1 Å². The summed E-state index contributed by atoms with van der Waals surface area (Å²) in [6.07, 6.45) is 0. The van der Waals surface area contributed by atoms with Gasteiger partial charge in [0.1, 0.15) is 17.7 Å². The van der Waals surface area contributed by atoms with E-state index in [4.69, 9.17) is 5.73 Å². The molecule has 1 atom stereocenters. The average Bonchev–Trinajstić information content (AvgIpc) is 2.20. The van der Waals surface area contributed by atoms with Gasteiger partial charge >= 0.3 is 0 Å². The van der Waals surface area contributed by atoms with E-state index in [0.717, 1.165) is 0 Å². The van der Waals surface area contributed by atoms with Gasteiger partial charge in [-0.05, 0) is 19.1 Å². The molecule has 0 fully saturated rings. The van der Waals surface area contributed by atoms with Crippen molar-refractivity contribution in [3.63, 3.8) is 0 Å². The summed E-state index contributed by atoms with van der Waals surface area (Å²) in [4.78, 5) is 11.1. The van der Waals surface area contributed by atoms with E-state index in [2.05, 4.69) is 20.8 Å². The maximum absolute atomic E-state index is 11.1. The summed E-state index contributed by atoms with van der Waals surface area (Å²) in [5.74, 6) is 0.766. The van der Waals surface area contributed by atoms with Crippen molar-refractivity contribution < 1.29 is 4.79 Å². The minimum atomic E-state index is -0.349. The lowest BCUT2D eigenvalue weighted by Gasteiger charge is -2.11. The van der Waals surface area contributed by atoms with E-state index in [1.807, 2.05) is 0 Å². The minimum absolute atomic E-state index is 0.108. The summed E-state index contributed by atoms with van der Waals surface area (Å²) in [7, 11) is 1.58. The van der Waals surface area contributed by atoms with E-state index in [1.165, 1.54) is 0 Å². The topological polar surface area (TPSA) is 92.9 Å². The Morgan fingerprint density at radius 2 is 2.21 bits per heavy atom. The third-order valence-corrected chi connectivity index (χ3v) is 1.69. The Morgan fingerprint density at radius 1 is 1.50 bits per heavy atom. The highest BCUT2D eigenvalue weighted by Crippen LogP contribution is 2.04. The highest BCUT2D eigenvalue weighted by atomic mass is 16.2. The van der Waals surface area contributed by atoms with Crippen LogP contribution < -0.4 is 16.4 Å². The summed E-state index contributed by atoms with van der Waals surface area (Å²) in [5, 5.41) is 12.8. The zero-order chi connectivity index (χ0) is 10.6. The molecule has 76 valence electrons. The highest BCUT2D eigenvalue weighted by molar-refractivity contribution is 5.83. The number of carbonyl (C=O) groups excluding carboxylic acids is 1. The molecule has 0 aromatic carbocycles. The fourth-order valence-corrected chi connectivity index (χ4v) is 0.923. The molecule has 1 aromatic rings. The molecule has 14 heavy (non-hydrogen) atoms. The Morgan fingerprint density at radius 3 is 2.71 bits per heavy atom. The minimum Gasteiger partial charge on any atom is -0.382 e. The van der Waals surface area contributed by atoms with Gasteiger partial charge in [-0.15, -0.1) is 10.2 Å². The fraction of sp³-hybridized carbons (Fsp3) is 0.375. The van der Waals surface area contributed by atoms with Gasteiger partial charge in [0.15, 0.2) is 0 Å². The maximum atomic E-state index is 11.1. The Kier molecular flexibility index (Phi) is 3.22. The largest absolute Gasteiger partial charge is 0.382 e. The zero-order valence-corrected chi connectivity index (χ0v) is 8.11. The van der Waals surface area contributed by atoms with Gasteiger partial charge in [-0.3, -0.25) is 4.79 Å². The Labute approximate surface area is 81.9 Å². The molecule has 0 saturated carbocycles. The van der Waals surface area contributed by atoms with Gasteiger partial charge in [-0.2, -0.15) is 0 Å². The number of hydrogen-bond acceptors (Lipinski definition) is 5. The molecule has 0 radical (unpaired) electrons. The van der Waals surface area contributed by atoms with Crippen LogP contribution in [0.1, 0.15) is 6.92 Å². The molecule has 0 aliphatic carbocycles. The molecule has 0 bridgehead atoms. The van der Waals surface area contributed by atoms with Crippen LogP contribution in [0.2, 0.25) is 0 Å². The Balaban J connectivity index is 2.60. The molecular weight excluding hydrogens is 182 g/mol. The van der Waals surface area contributed by atoms with Crippen LogP contribution in [0.4, 0.5) is 11.6 Å². The van der Waals surface area contributed by atoms with E-state index >= 15 is 0 Å². The predicted octanol–water partition coefficient (Wildman–Crippen LogP) is -0.395. The van der Waals surface area contributed by atoms with Crippen molar-refractivity contribution in [1.82, 2.24) is 15.5 Å². The van der Waals surface area contributed by atoms with Crippen molar-refractivity contribution in [3.8, 4) is 0 Å². The quantitative estimate of drug-likeness (QED) is 0.610. The average molecular weight is 195 g/mol. The molecule has 1 unspecified atom stereocenters. The molecule has 4 N–H and O–H groups in total. The smallest absolute Gasteiger partial charge is 0.241 e. The van der Waals surface area contributed by atoms with Crippen molar-refractivity contribution in [2.24, 2.45) is 0 Å². The van der Waals surface area contributed by atoms with E-state index in [9.17, 15) is 4.79 Å². The number of carbonyl (C=O) groups is 1. The fourth-order valence-electron chi connectivity index (χ4n) is 0.923. The summed E-state index contributed by atoms with van der Waals surface area (Å²) in [6, 6.07) is 2.94. The molecule has 1 heterocycles. The summed E-state index contributed by atoms with van der Waals surface area (Å²) in [6.45, 7) is 1.73. The normalized spacial score (nSPS) is 11.9. The number of anilines is 2. The number of likely N-dealkylation sites (N-methyl/N-ethyl adjacent to an activating group) is 1. The van der Waals surface area contributed by atoms with Gasteiger partial charge in [0, 0.05) is 7.05 Å². The van der Waals surface area contributed by atoms with Crippen LogP contribution in [0, 0.1) is 0 Å². The summed E-state index contributed by atoms with van der Waals surface area (Å²) >= 11 is 0. The lowest BCUT2D eigenvalue weighted by molar-refractivity contribution is -0.121. The van der Waals surface area contributed by atoms with Gasteiger partial charge < -0.3 is 16.4 Å². The zero-order valence-electron chi connectivity index (χ0n) is 8.11. The molecular formula is C8H13N5O. The van der Waals surface area contributed by atoms with E-state index < -0.39 is 0 Å². The predicted molar refractivity (Wildman–Crippen MR) is 53.6 cm³/mol. The van der Waals surface area contributed by atoms with Crippen LogP contribution >= 0.6 is 0 Å². The number of nitrogens with two attached hydrogens (primary N) is 1. The Bertz CT molecular complexity index is 310. The maximum Gasteiger partial charge on any atom is 0.241 e. The molecule has 0 saturated heterocycles. The van der Waals surface area contributed by atoms with E-state index in [1.54, 1.807) is 26.1 Å². The number of rotatable bonds is 3.